The van der Waals surface area contributed by atoms with Gasteiger partial charge in [-0.3, -0.25) is 0 Å². The summed E-state index contributed by atoms with van der Waals surface area (Å²) in [6, 6.07) is 8.49. The third-order valence-electron chi connectivity index (χ3n) is 4.27. The van der Waals surface area contributed by atoms with E-state index in [4.69, 9.17) is 16.3 Å². The molecule has 3 nitrogen and oxygen atoms in total. The number of hydrogen-bond donors (Lipinski definition) is 1. The average Bonchev–Trinajstić information content (AvgIpc) is 2.99. The van der Waals surface area contributed by atoms with Gasteiger partial charge in [0.2, 0.25) is 0 Å². The second-order valence-electron chi connectivity index (χ2n) is 5.71. The molecule has 2 unspecified atom stereocenters. The molecule has 0 spiro atoms. The maximum absolute atomic E-state index is 6.09. The first-order valence-corrected chi connectivity index (χ1v) is 8.37. The van der Waals surface area contributed by atoms with Gasteiger partial charge in [0.05, 0.1) is 6.10 Å². The van der Waals surface area contributed by atoms with Crippen molar-refractivity contribution in [1.29, 1.82) is 0 Å². The molecule has 2 rings (SSSR count). The molecule has 1 fully saturated rings. The summed E-state index contributed by atoms with van der Waals surface area (Å²) in [6.45, 7) is 6.37. The molecule has 0 bridgehead atoms. The Hall–Kier alpha value is -0.610. The lowest BCUT2D eigenvalue weighted by Gasteiger charge is -2.26. The minimum Gasteiger partial charge on any atom is -0.377 e. The summed E-state index contributed by atoms with van der Waals surface area (Å²) in [5, 5.41) is 4.21. The first-order valence-electron chi connectivity index (χ1n) is 7.99. The van der Waals surface area contributed by atoms with Crippen molar-refractivity contribution >= 4 is 11.6 Å². The molecule has 0 amide bonds. The van der Waals surface area contributed by atoms with E-state index in [1.807, 2.05) is 19.2 Å². The predicted molar refractivity (Wildman–Crippen MR) is 89.0 cm³/mol. The Morgan fingerprint density at radius 1 is 1.48 bits per heavy atom. The third kappa shape index (κ3) is 5.26. The fraction of sp³-hybridized carbons (Fsp3) is 0.647. The SMILES string of the molecule is CCN(CCC(NC)c1cccc(Cl)c1)CC1CCCO1. The molecular formula is C17H27ClN2O. The van der Waals surface area contributed by atoms with Crippen molar-refractivity contribution in [3.8, 4) is 0 Å². The fourth-order valence-electron chi connectivity index (χ4n) is 2.97. The topological polar surface area (TPSA) is 24.5 Å². The van der Waals surface area contributed by atoms with E-state index >= 15 is 0 Å². The molecule has 1 aliphatic heterocycles. The van der Waals surface area contributed by atoms with Crippen LogP contribution in [0.1, 0.15) is 37.8 Å². The van der Waals surface area contributed by atoms with Gasteiger partial charge in [-0.05, 0) is 50.6 Å². The number of benzene rings is 1. The van der Waals surface area contributed by atoms with Crippen LogP contribution in [0.2, 0.25) is 5.02 Å². The first kappa shape index (κ1) is 16.8. The molecule has 0 aromatic heterocycles. The normalized spacial score (nSPS) is 20.1. The second-order valence-corrected chi connectivity index (χ2v) is 6.15. The molecule has 1 N–H and O–H groups in total. The van der Waals surface area contributed by atoms with E-state index in [0.717, 1.165) is 37.7 Å². The zero-order valence-corrected chi connectivity index (χ0v) is 13.9. The van der Waals surface area contributed by atoms with Crippen LogP contribution >= 0.6 is 11.6 Å². The zero-order chi connectivity index (χ0) is 15.1. The van der Waals surface area contributed by atoms with Gasteiger partial charge in [0, 0.05) is 30.8 Å². The minimum absolute atomic E-state index is 0.349. The summed E-state index contributed by atoms with van der Waals surface area (Å²) in [7, 11) is 2.02. The number of likely N-dealkylation sites (N-methyl/N-ethyl adjacent to an activating group) is 1. The molecular weight excluding hydrogens is 284 g/mol. The van der Waals surface area contributed by atoms with Gasteiger partial charge in [-0.15, -0.1) is 0 Å². The lowest BCUT2D eigenvalue weighted by atomic mass is 10.0. The van der Waals surface area contributed by atoms with Crippen LogP contribution in [-0.2, 0) is 4.74 Å². The Bertz CT molecular complexity index is 421. The first-order chi connectivity index (χ1) is 10.2. The summed E-state index contributed by atoms with van der Waals surface area (Å²) < 4.78 is 5.74. The molecule has 1 aromatic rings. The Kier molecular flexibility index (Phi) is 6.97. The van der Waals surface area contributed by atoms with Crippen molar-refractivity contribution in [2.45, 2.75) is 38.3 Å². The lowest BCUT2D eigenvalue weighted by Crippen LogP contribution is -2.34. The van der Waals surface area contributed by atoms with Crippen molar-refractivity contribution in [3.63, 3.8) is 0 Å². The van der Waals surface area contributed by atoms with Crippen LogP contribution in [0, 0.1) is 0 Å². The van der Waals surface area contributed by atoms with Crippen LogP contribution < -0.4 is 5.32 Å². The van der Waals surface area contributed by atoms with E-state index in [2.05, 4.69) is 29.3 Å². The van der Waals surface area contributed by atoms with E-state index in [0.29, 0.717) is 12.1 Å². The maximum Gasteiger partial charge on any atom is 0.0702 e. The monoisotopic (exact) mass is 310 g/mol. The molecule has 2 atom stereocenters. The number of rotatable bonds is 8. The largest absolute Gasteiger partial charge is 0.377 e. The summed E-state index contributed by atoms with van der Waals surface area (Å²) in [6.07, 6.45) is 3.94. The number of hydrogen-bond acceptors (Lipinski definition) is 3. The lowest BCUT2D eigenvalue weighted by molar-refractivity contribution is 0.0735. The summed E-state index contributed by atoms with van der Waals surface area (Å²) in [5.41, 5.74) is 1.26. The van der Waals surface area contributed by atoms with Crippen LogP contribution in [0.15, 0.2) is 24.3 Å². The van der Waals surface area contributed by atoms with E-state index in [1.54, 1.807) is 0 Å². The minimum atomic E-state index is 0.349. The molecule has 118 valence electrons. The van der Waals surface area contributed by atoms with E-state index in [-0.39, 0.29) is 0 Å². The van der Waals surface area contributed by atoms with Gasteiger partial charge in [-0.2, -0.15) is 0 Å². The maximum atomic E-state index is 6.09. The van der Waals surface area contributed by atoms with Gasteiger partial charge >= 0.3 is 0 Å². The number of halogens is 1. The Balaban J connectivity index is 1.85. The van der Waals surface area contributed by atoms with Gasteiger partial charge in [-0.25, -0.2) is 0 Å². The van der Waals surface area contributed by atoms with Crippen molar-refractivity contribution in [1.82, 2.24) is 10.2 Å². The van der Waals surface area contributed by atoms with Crippen molar-refractivity contribution in [3.05, 3.63) is 34.9 Å². The predicted octanol–water partition coefficient (Wildman–Crippen LogP) is 3.49. The highest BCUT2D eigenvalue weighted by atomic mass is 35.5. The quantitative estimate of drug-likeness (QED) is 0.795. The fourth-order valence-corrected chi connectivity index (χ4v) is 3.17. The molecule has 0 saturated carbocycles. The Morgan fingerprint density at radius 3 is 2.95 bits per heavy atom. The Labute approximate surface area is 133 Å². The molecule has 0 radical (unpaired) electrons. The molecule has 21 heavy (non-hydrogen) atoms. The summed E-state index contributed by atoms with van der Waals surface area (Å²) in [5.74, 6) is 0. The Morgan fingerprint density at radius 2 is 2.33 bits per heavy atom. The van der Waals surface area contributed by atoms with Gasteiger partial charge in [-0.1, -0.05) is 30.7 Å². The van der Waals surface area contributed by atoms with Gasteiger partial charge in [0.15, 0.2) is 0 Å². The molecule has 1 heterocycles. The summed E-state index contributed by atoms with van der Waals surface area (Å²) >= 11 is 6.09. The van der Waals surface area contributed by atoms with Gasteiger partial charge in [0.25, 0.3) is 0 Å². The van der Waals surface area contributed by atoms with Crippen LogP contribution in [0.25, 0.3) is 0 Å². The smallest absolute Gasteiger partial charge is 0.0702 e. The van der Waals surface area contributed by atoms with Crippen molar-refractivity contribution < 1.29 is 4.74 Å². The van der Waals surface area contributed by atoms with E-state index < -0.39 is 0 Å². The summed E-state index contributed by atoms with van der Waals surface area (Å²) in [4.78, 5) is 2.49. The molecule has 1 saturated heterocycles. The number of ether oxygens (including phenoxy) is 1. The average molecular weight is 311 g/mol. The second kappa shape index (κ2) is 8.74. The molecule has 1 aromatic carbocycles. The van der Waals surface area contributed by atoms with E-state index in [9.17, 15) is 0 Å². The third-order valence-corrected chi connectivity index (χ3v) is 4.50. The van der Waals surface area contributed by atoms with Crippen molar-refractivity contribution in [2.75, 3.05) is 33.3 Å². The van der Waals surface area contributed by atoms with Gasteiger partial charge in [0.1, 0.15) is 0 Å². The van der Waals surface area contributed by atoms with E-state index in [1.165, 1.54) is 18.4 Å². The number of nitrogens with one attached hydrogen (secondary N) is 1. The molecule has 4 heteroatoms. The van der Waals surface area contributed by atoms with Gasteiger partial charge < -0.3 is 15.0 Å². The van der Waals surface area contributed by atoms with Crippen LogP contribution in [-0.4, -0.2) is 44.3 Å². The molecule has 1 aliphatic rings. The highest BCUT2D eigenvalue weighted by molar-refractivity contribution is 6.30. The zero-order valence-electron chi connectivity index (χ0n) is 13.1. The number of nitrogens with zero attached hydrogens (tertiary/aromatic N) is 1. The standard InChI is InChI=1S/C17H27ClN2O/c1-3-20(13-16-8-5-11-21-16)10-9-17(19-2)14-6-4-7-15(18)12-14/h4,6-7,12,16-17,19H,3,5,8-11,13H2,1-2H3. The van der Waals surface area contributed by atoms with Crippen molar-refractivity contribution in [2.24, 2.45) is 0 Å². The van der Waals surface area contributed by atoms with Crippen LogP contribution in [0.4, 0.5) is 0 Å². The van der Waals surface area contributed by atoms with Crippen LogP contribution in [0.3, 0.4) is 0 Å². The van der Waals surface area contributed by atoms with Crippen LogP contribution in [0.5, 0.6) is 0 Å². The highest BCUT2D eigenvalue weighted by Crippen LogP contribution is 2.21. The highest BCUT2D eigenvalue weighted by Gasteiger charge is 2.19. The molecule has 0 aliphatic carbocycles.